The summed E-state index contributed by atoms with van der Waals surface area (Å²) in [5, 5.41) is 13.4. The monoisotopic (exact) mass is 368 g/mol. The molecule has 4 aromatic rings. The Hall–Kier alpha value is -4.04. The fourth-order valence-electron chi connectivity index (χ4n) is 2.95. The third-order valence-electron chi connectivity index (χ3n) is 4.26. The van der Waals surface area contributed by atoms with E-state index in [1.807, 2.05) is 60.7 Å². The minimum atomic E-state index is -0.236. The third kappa shape index (κ3) is 3.71. The molecule has 0 aliphatic heterocycles. The second kappa shape index (κ2) is 7.68. The molecular weight excluding hydrogens is 352 g/mol. The molecule has 0 aliphatic rings. The van der Waals surface area contributed by atoms with Gasteiger partial charge in [0.15, 0.2) is 6.61 Å². The summed E-state index contributed by atoms with van der Waals surface area (Å²) in [5.74, 6) is 0.377. The maximum absolute atomic E-state index is 12.2. The lowest BCUT2D eigenvalue weighted by Crippen LogP contribution is -2.07. The number of furan rings is 1. The molecule has 0 saturated carbocycles. The molecule has 28 heavy (non-hydrogen) atoms. The maximum Gasteiger partial charge on any atom is 0.248 e. The minimum absolute atomic E-state index is 0.00711. The van der Waals surface area contributed by atoms with Crippen molar-refractivity contribution in [1.82, 2.24) is 0 Å². The number of benzene rings is 3. The highest BCUT2D eigenvalue weighted by Gasteiger charge is 2.07. The molecule has 0 unspecified atom stereocenters. The second-order valence-corrected chi connectivity index (χ2v) is 6.15. The van der Waals surface area contributed by atoms with Crippen LogP contribution in [0.15, 0.2) is 77.2 Å². The molecule has 5 heteroatoms. The van der Waals surface area contributed by atoms with Crippen molar-refractivity contribution in [3.8, 4) is 11.8 Å². The predicted octanol–water partition coefficient (Wildman–Crippen LogP) is 5.14. The number of carbonyl (C=O) groups is 1. The van der Waals surface area contributed by atoms with Crippen LogP contribution in [0, 0.1) is 11.3 Å². The van der Waals surface area contributed by atoms with Gasteiger partial charge in [0.1, 0.15) is 23.0 Å². The summed E-state index contributed by atoms with van der Waals surface area (Å²) in [7, 11) is 0. The van der Waals surface area contributed by atoms with Gasteiger partial charge in [0.05, 0.1) is 0 Å². The number of hydrogen-bond donors (Lipinski definition) is 1. The SMILES string of the molecule is N#CCOc1ccc(/C=C/C(=O)Nc2ccc3c(c2)oc2ccccc23)cc1. The zero-order valence-electron chi connectivity index (χ0n) is 14.9. The number of para-hydroxylation sites is 1. The largest absolute Gasteiger partial charge is 0.479 e. The fraction of sp³-hybridized carbons (Fsp3) is 0.0435. The lowest BCUT2D eigenvalue weighted by molar-refractivity contribution is -0.111. The van der Waals surface area contributed by atoms with Crippen molar-refractivity contribution in [2.75, 3.05) is 11.9 Å². The molecular formula is C23H16N2O3. The minimum Gasteiger partial charge on any atom is -0.479 e. The van der Waals surface area contributed by atoms with Crippen molar-refractivity contribution in [3.05, 3.63) is 78.4 Å². The van der Waals surface area contributed by atoms with Gasteiger partial charge in [0.25, 0.3) is 0 Å². The van der Waals surface area contributed by atoms with Gasteiger partial charge in [-0.25, -0.2) is 0 Å². The molecule has 0 aliphatic carbocycles. The lowest BCUT2D eigenvalue weighted by Gasteiger charge is -2.02. The molecule has 1 amide bonds. The number of fused-ring (bicyclic) bond motifs is 3. The van der Waals surface area contributed by atoms with Crippen LogP contribution in [-0.4, -0.2) is 12.5 Å². The van der Waals surface area contributed by atoms with E-state index in [9.17, 15) is 4.79 Å². The van der Waals surface area contributed by atoms with Crippen LogP contribution in [0.4, 0.5) is 5.69 Å². The number of hydrogen-bond acceptors (Lipinski definition) is 4. The first-order valence-electron chi connectivity index (χ1n) is 8.73. The number of amides is 1. The number of anilines is 1. The number of ether oxygens (including phenoxy) is 1. The first-order valence-corrected chi connectivity index (χ1v) is 8.73. The van der Waals surface area contributed by atoms with Gasteiger partial charge in [-0.2, -0.15) is 5.26 Å². The Labute approximate surface area is 161 Å². The van der Waals surface area contributed by atoms with E-state index in [0.717, 1.165) is 27.5 Å². The summed E-state index contributed by atoms with van der Waals surface area (Å²) < 4.78 is 11.0. The fourth-order valence-corrected chi connectivity index (χ4v) is 2.95. The molecule has 1 N–H and O–H groups in total. The molecule has 0 bridgehead atoms. The highest BCUT2D eigenvalue weighted by molar-refractivity contribution is 6.07. The normalized spacial score (nSPS) is 11.0. The first kappa shape index (κ1) is 17.4. The Morgan fingerprint density at radius 3 is 2.64 bits per heavy atom. The Morgan fingerprint density at radius 1 is 1.04 bits per heavy atom. The van der Waals surface area contributed by atoms with Crippen LogP contribution in [0.1, 0.15) is 5.56 Å². The number of nitrogens with zero attached hydrogens (tertiary/aromatic N) is 1. The molecule has 0 fully saturated rings. The number of nitriles is 1. The second-order valence-electron chi connectivity index (χ2n) is 6.15. The van der Waals surface area contributed by atoms with Gasteiger partial charge in [-0.1, -0.05) is 30.3 Å². The van der Waals surface area contributed by atoms with Gasteiger partial charge in [-0.15, -0.1) is 0 Å². The number of carbonyl (C=O) groups excluding carboxylic acids is 1. The smallest absolute Gasteiger partial charge is 0.248 e. The van der Waals surface area contributed by atoms with Gasteiger partial charge in [-0.05, 0) is 42.0 Å². The quantitative estimate of drug-likeness (QED) is 0.495. The number of nitrogens with one attached hydrogen (secondary N) is 1. The molecule has 5 nitrogen and oxygen atoms in total. The summed E-state index contributed by atoms with van der Waals surface area (Å²) >= 11 is 0. The molecule has 0 saturated heterocycles. The molecule has 0 radical (unpaired) electrons. The summed E-state index contributed by atoms with van der Waals surface area (Å²) in [4.78, 5) is 12.2. The first-order chi connectivity index (χ1) is 13.7. The van der Waals surface area contributed by atoms with E-state index < -0.39 is 0 Å². The Bertz CT molecular complexity index is 1210. The molecule has 0 spiro atoms. The average Bonchev–Trinajstić information content (AvgIpc) is 3.09. The van der Waals surface area contributed by atoms with Crippen molar-refractivity contribution in [1.29, 1.82) is 5.26 Å². The summed E-state index contributed by atoms with van der Waals surface area (Å²) in [6.45, 7) is 0.00711. The predicted molar refractivity (Wildman–Crippen MR) is 109 cm³/mol. The van der Waals surface area contributed by atoms with Gasteiger partial charge >= 0.3 is 0 Å². The summed E-state index contributed by atoms with van der Waals surface area (Å²) in [6, 6.07) is 22.5. The van der Waals surface area contributed by atoms with Crippen molar-refractivity contribution in [2.45, 2.75) is 0 Å². The Kier molecular flexibility index (Phi) is 4.77. The highest BCUT2D eigenvalue weighted by atomic mass is 16.5. The third-order valence-corrected chi connectivity index (χ3v) is 4.26. The van der Waals surface area contributed by atoms with E-state index >= 15 is 0 Å². The Morgan fingerprint density at radius 2 is 1.82 bits per heavy atom. The molecule has 4 rings (SSSR count). The standard InChI is InChI=1S/C23H16N2O3/c24-13-14-27-18-9-5-16(6-10-18)7-12-23(26)25-17-8-11-20-19-3-1-2-4-21(19)28-22(20)15-17/h1-12,15H,14H2,(H,25,26)/b12-7+. The van der Waals surface area contributed by atoms with Crippen LogP contribution in [0.25, 0.3) is 28.0 Å². The van der Waals surface area contributed by atoms with E-state index in [0.29, 0.717) is 11.4 Å². The molecule has 3 aromatic carbocycles. The molecule has 1 heterocycles. The van der Waals surface area contributed by atoms with E-state index in [4.69, 9.17) is 14.4 Å². The van der Waals surface area contributed by atoms with Crippen molar-refractivity contribution in [2.24, 2.45) is 0 Å². The zero-order valence-corrected chi connectivity index (χ0v) is 14.9. The van der Waals surface area contributed by atoms with Crippen molar-refractivity contribution < 1.29 is 13.9 Å². The Balaban J connectivity index is 1.45. The highest BCUT2D eigenvalue weighted by Crippen LogP contribution is 2.30. The van der Waals surface area contributed by atoms with E-state index in [-0.39, 0.29) is 12.5 Å². The van der Waals surface area contributed by atoms with Crippen molar-refractivity contribution in [3.63, 3.8) is 0 Å². The lowest BCUT2D eigenvalue weighted by atomic mass is 10.1. The van der Waals surface area contributed by atoms with Crippen LogP contribution in [0.2, 0.25) is 0 Å². The van der Waals surface area contributed by atoms with Gasteiger partial charge in [-0.3, -0.25) is 4.79 Å². The zero-order chi connectivity index (χ0) is 19.3. The molecule has 1 aromatic heterocycles. The average molecular weight is 368 g/mol. The van der Waals surface area contributed by atoms with Gasteiger partial charge in [0, 0.05) is 28.6 Å². The van der Waals surface area contributed by atoms with Crippen LogP contribution >= 0.6 is 0 Å². The van der Waals surface area contributed by atoms with Crippen molar-refractivity contribution >= 4 is 39.6 Å². The maximum atomic E-state index is 12.2. The molecule has 136 valence electrons. The van der Waals surface area contributed by atoms with Gasteiger partial charge in [0.2, 0.25) is 5.91 Å². The topological polar surface area (TPSA) is 75.3 Å². The van der Waals surface area contributed by atoms with E-state index in [1.165, 1.54) is 6.08 Å². The van der Waals surface area contributed by atoms with E-state index in [2.05, 4.69) is 5.32 Å². The van der Waals surface area contributed by atoms with Crippen LogP contribution in [0.3, 0.4) is 0 Å². The van der Waals surface area contributed by atoms with Crippen LogP contribution in [0.5, 0.6) is 5.75 Å². The van der Waals surface area contributed by atoms with Crippen LogP contribution in [-0.2, 0) is 4.79 Å². The van der Waals surface area contributed by atoms with Crippen LogP contribution < -0.4 is 10.1 Å². The summed E-state index contributed by atoms with van der Waals surface area (Å²) in [6.07, 6.45) is 3.18. The molecule has 0 atom stereocenters. The van der Waals surface area contributed by atoms with Gasteiger partial charge < -0.3 is 14.5 Å². The van der Waals surface area contributed by atoms with E-state index in [1.54, 1.807) is 18.2 Å². The summed E-state index contributed by atoms with van der Waals surface area (Å²) in [5.41, 5.74) is 3.08. The number of rotatable bonds is 5.